The summed E-state index contributed by atoms with van der Waals surface area (Å²) in [5.74, 6) is -0.115. The topological polar surface area (TPSA) is 57.5 Å². The molecule has 14 heavy (non-hydrogen) atoms. The van der Waals surface area contributed by atoms with Gasteiger partial charge in [0.15, 0.2) is 11.5 Å². The molecule has 1 aromatic carbocycles. The van der Waals surface area contributed by atoms with E-state index in [9.17, 15) is 14.4 Å². The quantitative estimate of drug-likeness (QED) is 0.811. The average molecular weight is 344 g/mol. The number of phenols is 2. The maximum Gasteiger partial charge on any atom is 0.173 e. The van der Waals surface area contributed by atoms with Gasteiger partial charge in [-0.15, -0.1) is 0 Å². The SMILES string of the molecule is C[S@](=O)Cc1cc(O)c(O)c(Br)c1Br. The molecule has 0 aromatic heterocycles. The van der Waals surface area contributed by atoms with E-state index in [0.29, 0.717) is 20.3 Å². The minimum Gasteiger partial charge on any atom is -0.504 e. The van der Waals surface area contributed by atoms with Crippen LogP contribution in [0.1, 0.15) is 5.56 Å². The molecule has 0 saturated heterocycles. The van der Waals surface area contributed by atoms with Gasteiger partial charge in [-0.1, -0.05) is 0 Å². The van der Waals surface area contributed by atoms with Crippen molar-refractivity contribution < 1.29 is 14.4 Å². The summed E-state index contributed by atoms with van der Waals surface area (Å²) in [5.41, 5.74) is 0.688. The molecule has 0 amide bonds. The van der Waals surface area contributed by atoms with E-state index in [2.05, 4.69) is 31.9 Å². The molecule has 3 nitrogen and oxygen atoms in total. The monoisotopic (exact) mass is 342 g/mol. The minimum atomic E-state index is -0.994. The number of aromatic hydroxyl groups is 2. The van der Waals surface area contributed by atoms with E-state index in [1.165, 1.54) is 6.07 Å². The summed E-state index contributed by atoms with van der Waals surface area (Å²) in [5, 5.41) is 18.7. The summed E-state index contributed by atoms with van der Waals surface area (Å²) in [7, 11) is -0.994. The van der Waals surface area contributed by atoms with E-state index in [-0.39, 0.29) is 11.5 Å². The molecule has 0 radical (unpaired) electrons. The van der Waals surface area contributed by atoms with Crippen LogP contribution in [0.25, 0.3) is 0 Å². The van der Waals surface area contributed by atoms with E-state index < -0.39 is 10.8 Å². The first-order valence-electron chi connectivity index (χ1n) is 3.62. The van der Waals surface area contributed by atoms with Crippen LogP contribution in [0.3, 0.4) is 0 Å². The zero-order valence-corrected chi connectivity index (χ0v) is 11.2. The lowest BCUT2D eigenvalue weighted by atomic mass is 10.2. The van der Waals surface area contributed by atoms with E-state index in [0.717, 1.165) is 0 Å². The van der Waals surface area contributed by atoms with Gasteiger partial charge >= 0.3 is 0 Å². The number of benzene rings is 1. The summed E-state index contributed by atoms with van der Waals surface area (Å²) >= 11 is 6.36. The largest absolute Gasteiger partial charge is 0.504 e. The molecule has 1 rings (SSSR count). The van der Waals surface area contributed by atoms with Gasteiger partial charge in [0, 0.05) is 27.3 Å². The average Bonchev–Trinajstić information content (AvgIpc) is 2.10. The van der Waals surface area contributed by atoms with Crippen molar-refractivity contribution in [1.82, 2.24) is 0 Å². The Balaban J connectivity index is 3.25. The maximum atomic E-state index is 11.0. The number of phenolic OH excluding ortho intramolecular Hbond substituents is 2. The van der Waals surface area contributed by atoms with Crippen molar-refractivity contribution in [2.24, 2.45) is 0 Å². The van der Waals surface area contributed by atoms with Crippen LogP contribution in [0, 0.1) is 0 Å². The van der Waals surface area contributed by atoms with E-state index in [1.807, 2.05) is 0 Å². The summed E-state index contributed by atoms with van der Waals surface area (Å²) in [6.07, 6.45) is 1.57. The van der Waals surface area contributed by atoms with E-state index in [1.54, 1.807) is 6.26 Å². The molecule has 1 atom stereocenters. The molecule has 78 valence electrons. The zero-order chi connectivity index (χ0) is 10.9. The number of rotatable bonds is 2. The second kappa shape index (κ2) is 4.63. The Bertz CT molecular complexity index is 393. The highest BCUT2D eigenvalue weighted by Crippen LogP contribution is 2.41. The molecule has 0 spiro atoms. The zero-order valence-electron chi connectivity index (χ0n) is 7.25. The van der Waals surface area contributed by atoms with Gasteiger partial charge in [-0.2, -0.15) is 0 Å². The van der Waals surface area contributed by atoms with E-state index in [4.69, 9.17) is 0 Å². The molecular weight excluding hydrogens is 336 g/mol. The molecular formula is C8H8Br2O3S. The van der Waals surface area contributed by atoms with Crippen LogP contribution in [0.2, 0.25) is 0 Å². The van der Waals surface area contributed by atoms with Crippen LogP contribution >= 0.6 is 31.9 Å². The van der Waals surface area contributed by atoms with Crippen LogP contribution in [-0.2, 0) is 16.6 Å². The lowest BCUT2D eigenvalue weighted by Gasteiger charge is -2.08. The lowest BCUT2D eigenvalue weighted by molar-refractivity contribution is 0.400. The first-order valence-corrected chi connectivity index (χ1v) is 6.93. The molecule has 0 fully saturated rings. The summed E-state index contributed by atoms with van der Waals surface area (Å²) in [6, 6.07) is 1.39. The van der Waals surface area contributed by atoms with Gasteiger partial charge in [0.05, 0.1) is 4.47 Å². The highest BCUT2D eigenvalue weighted by atomic mass is 79.9. The van der Waals surface area contributed by atoms with Gasteiger partial charge in [0.25, 0.3) is 0 Å². The van der Waals surface area contributed by atoms with Crippen molar-refractivity contribution in [2.75, 3.05) is 6.26 Å². The van der Waals surface area contributed by atoms with Crippen molar-refractivity contribution in [3.8, 4) is 11.5 Å². The molecule has 0 aliphatic rings. The fraction of sp³-hybridized carbons (Fsp3) is 0.250. The van der Waals surface area contributed by atoms with Gasteiger partial charge in [0.2, 0.25) is 0 Å². The number of halogens is 2. The Labute approximate surface area is 101 Å². The third-order valence-electron chi connectivity index (χ3n) is 1.59. The predicted molar refractivity (Wildman–Crippen MR) is 62.9 cm³/mol. The molecule has 0 saturated carbocycles. The van der Waals surface area contributed by atoms with Crippen LogP contribution in [-0.4, -0.2) is 20.7 Å². The van der Waals surface area contributed by atoms with Gasteiger partial charge < -0.3 is 10.2 Å². The number of hydrogen-bond acceptors (Lipinski definition) is 3. The Kier molecular flexibility index (Phi) is 3.97. The first-order chi connectivity index (χ1) is 6.43. The third kappa shape index (κ3) is 2.49. The Morgan fingerprint density at radius 2 is 1.93 bits per heavy atom. The van der Waals surface area contributed by atoms with Crippen molar-refractivity contribution in [3.63, 3.8) is 0 Å². The summed E-state index contributed by atoms with van der Waals surface area (Å²) in [4.78, 5) is 0. The molecule has 0 bridgehead atoms. The molecule has 0 aliphatic heterocycles. The summed E-state index contributed by atoms with van der Waals surface area (Å²) in [6.45, 7) is 0. The Morgan fingerprint density at radius 3 is 2.43 bits per heavy atom. The first kappa shape index (κ1) is 12.0. The van der Waals surface area contributed by atoms with Crippen molar-refractivity contribution >= 4 is 42.7 Å². The van der Waals surface area contributed by atoms with Gasteiger partial charge in [-0.25, -0.2) is 0 Å². The smallest absolute Gasteiger partial charge is 0.173 e. The molecule has 0 aliphatic carbocycles. The fourth-order valence-corrected chi connectivity index (χ4v) is 2.73. The van der Waals surface area contributed by atoms with Crippen LogP contribution < -0.4 is 0 Å². The predicted octanol–water partition coefficient (Wildman–Crippen LogP) is 2.50. The summed E-state index contributed by atoms with van der Waals surface area (Å²) < 4.78 is 12.0. The van der Waals surface area contributed by atoms with Gasteiger partial charge in [0.1, 0.15) is 0 Å². The van der Waals surface area contributed by atoms with Crippen LogP contribution in [0.5, 0.6) is 11.5 Å². The van der Waals surface area contributed by atoms with E-state index >= 15 is 0 Å². The Morgan fingerprint density at radius 1 is 1.36 bits per heavy atom. The highest BCUT2D eigenvalue weighted by Gasteiger charge is 2.14. The number of hydrogen-bond donors (Lipinski definition) is 2. The normalized spacial score (nSPS) is 12.8. The van der Waals surface area contributed by atoms with Crippen molar-refractivity contribution in [2.45, 2.75) is 5.75 Å². The second-order valence-electron chi connectivity index (χ2n) is 2.75. The molecule has 0 heterocycles. The van der Waals surface area contributed by atoms with Crippen molar-refractivity contribution in [3.05, 3.63) is 20.6 Å². The lowest BCUT2D eigenvalue weighted by Crippen LogP contribution is -1.94. The third-order valence-corrected chi connectivity index (χ3v) is 4.52. The molecule has 1 aromatic rings. The highest BCUT2D eigenvalue weighted by molar-refractivity contribution is 9.13. The molecule has 0 unspecified atom stereocenters. The second-order valence-corrected chi connectivity index (χ2v) is 5.77. The van der Waals surface area contributed by atoms with Crippen molar-refractivity contribution in [1.29, 1.82) is 0 Å². The van der Waals surface area contributed by atoms with Crippen LogP contribution in [0.15, 0.2) is 15.0 Å². The molecule has 6 heteroatoms. The fourth-order valence-electron chi connectivity index (χ4n) is 0.978. The molecule has 2 N–H and O–H groups in total. The Hall–Kier alpha value is -0.0700. The van der Waals surface area contributed by atoms with Gasteiger partial charge in [-0.05, 0) is 43.5 Å². The van der Waals surface area contributed by atoms with Crippen LogP contribution in [0.4, 0.5) is 0 Å². The standard InChI is InChI=1S/C8H8Br2O3S/c1-14(13)3-4-2-5(11)8(12)7(10)6(4)9/h2,11-12H,3H2,1H3/t14-/m0/s1. The van der Waals surface area contributed by atoms with Gasteiger partial charge in [-0.3, -0.25) is 4.21 Å². The maximum absolute atomic E-state index is 11.0. The minimum absolute atomic E-state index is 0.220.